The number of benzene rings is 1. The van der Waals surface area contributed by atoms with E-state index >= 15 is 0 Å². The summed E-state index contributed by atoms with van der Waals surface area (Å²) in [5.74, 6) is -2.10. The van der Waals surface area contributed by atoms with Crippen LogP contribution in [-0.4, -0.2) is 40.8 Å². The number of rotatable bonds is 3. The minimum Gasteiger partial charge on any atom is -0.464 e. The van der Waals surface area contributed by atoms with Crippen LogP contribution >= 0.6 is 11.3 Å². The summed E-state index contributed by atoms with van der Waals surface area (Å²) in [6, 6.07) is 9.31. The molecule has 4 rings (SSSR count). The van der Waals surface area contributed by atoms with Crippen molar-refractivity contribution in [2.75, 3.05) is 12.1 Å². The molecule has 2 aliphatic rings. The zero-order valence-corrected chi connectivity index (χ0v) is 16.2. The monoisotopic (exact) mass is 425 g/mol. The van der Waals surface area contributed by atoms with E-state index < -0.39 is 23.8 Å². The van der Waals surface area contributed by atoms with E-state index in [2.05, 4.69) is 14.8 Å². The lowest BCUT2D eigenvalue weighted by atomic mass is 9.73. The SMILES string of the molecule is COC(=O)c1csc(N2N=C3CC[C@@H](c4ccccc4)C[C@@H]3[C@@]2(O)C(F)(F)F)n1. The Labute approximate surface area is 168 Å². The van der Waals surface area contributed by atoms with Gasteiger partial charge in [-0.15, -0.1) is 11.3 Å². The highest BCUT2D eigenvalue weighted by atomic mass is 32.1. The third-order valence-corrected chi connectivity index (χ3v) is 6.28. The average Bonchev–Trinajstić information content (AvgIpc) is 3.31. The molecule has 154 valence electrons. The minimum absolute atomic E-state index is 0.115. The number of alkyl halides is 3. The Bertz CT molecular complexity index is 947. The number of methoxy groups -OCH3 is 1. The van der Waals surface area contributed by atoms with Gasteiger partial charge >= 0.3 is 12.1 Å². The van der Waals surface area contributed by atoms with Crippen LogP contribution in [0.25, 0.3) is 0 Å². The Morgan fingerprint density at radius 3 is 2.72 bits per heavy atom. The largest absolute Gasteiger partial charge is 0.464 e. The average molecular weight is 425 g/mol. The van der Waals surface area contributed by atoms with Gasteiger partial charge in [0.2, 0.25) is 5.13 Å². The molecule has 1 aliphatic carbocycles. The summed E-state index contributed by atoms with van der Waals surface area (Å²) in [5.41, 5.74) is -2.11. The highest BCUT2D eigenvalue weighted by molar-refractivity contribution is 7.14. The van der Waals surface area contributed by atoms with Crippen molar-refractivity contribution in [2.24, 2.45) is 11.0 Å². The smallest absolute Gasteiger partial charge is 0.439 e. The van der Waals surface area contributed by atoms with Crippen LogP contribution in [0.2, 0.25) is 0 Å². The topological polar surface area (TPSA) is 75.0 Å². The number of ether oxygens (including phenoxy) is 1. The summed E-state index contributed by atoms with van der Waals surface area (Å²) in [4.78, 5) is 15.5. The third-order valence-electron chi connectivity index (χ3n) is 5.46. The van der Waals surface area contributed by atoms with E-state index in [0.717, 1.165) is 24.0 Å². The quantitative estimate of drug-likeness (QED) is 0.754. The molecule has 3 atom stereocenters. The van der Waals surface area contributed by atoms with Gasteiger partial charge in [-0.2, -0.15) is 23.3 Å². The van der Waals surface area contributed by atoms with Crippen molar-refractivity contribution >= 4 is 28.1 Å². The molecule has 1 aromatic carbocycles. The Morgan fingerprint density at radius 1 is 1.34 bits per heavy atom. The summed E-state index contributed by atoms with van der Waals surface area (Å²) in [6.45, 7) is 0. The van der Waals surface area contributed by atoms with E-state index in [1.54, 1.807) is 0 Å². The van der Waals surface area contributed by atoms with Gasteiger partial charge in [-0.25, -0.2) is 9.78 Å². The van der Waals surface area contributed by atoms with Gasteiger partial charge < -0.3 is 9.84 Å². The number of hydrazone groups is 1. The molecule has 1 N–H and O–H groups in total. The van der Waals surface area contributed by atoms with E-state index in [1.165, 1.54) is 5.38 Å². The van der Waals surface area contributed by atoms with Crippen LogP contribution in [0, 0.1) is 5.92 Å². The van der Waals surface area contributed by atoms with Gasteiger partial charge in [0.25, 0.3) is 5.72 Å². The van der Waals surface area contributed by atoms with Crippen LogP contribution in [0.5, 0.6) is 0 Å². The number of thiazole rings is 1. The van der Waals surface area contributed by atoms with Gasteiger partial charge in [0, 0.05) is 11.1 Å². The molecule has 1 saturated carbocycles. The molecule has 0 radical (unpaired) electrons. The lowest BCUT2D eigenvalue weighted by Gasteiger charge is -2.39. The first kappa shape index (κ1) is 19.8. The van der Waals surface area contributed by atoms with E-state index in [1.807, 2.05) is 30.3 Å². The number of carbonyl (C=O) groups excluding carboxylic acids is 1. The van der Waals surface area contributed by atoms with Crippen molar-refractivity contribution < 1.29 is 27.8 Å². The molecule has 6 nitrogen and oxygen atoms in total. The maximum absolute atomic E-state index is 14.1. The molecule has 10 heteroatoms. The number of fused-ring (bicyclic) bond motifs is 1. The molecule has 2 heterocycles. The van der Waals surface area contributed by atoms with Crippen LogP contribution in [0.4, 0.5) is 18.3 Å². The van der Waals surface area contributed by atoms with Gasteiger partial charge in [-0.3, -0.25) is 0 Å². The molecule has 1 aromatic heterocycles. The van der Waals surface area contributed by atoms with Crippen LogP contribution in [0.1, 0.15) is 41.2 Å². The second-order valence-corrected chi connectivity index (χ2v) is 7.91. The maximum atomic E-state index is 14.1. The first-order chi connectivity index (χ1) is 13.8. The lowest BCUT2D eigenvalue weighted by Crippen LogP contribution is -2.60. The normalized spacial score (nSPS) is 26.8. The summed E-state index contributed by atoms with van der Waals surface area (Å²) in [7, 11) is 1.15. The van der Waals surface area contributed by atoms with Gasteiger partial charge in [0.05, 0.1) is 13.0 Å². The third kappa shape index (κ3) is 3.20. The van der Waals surface area contributed by atoms with Gasteiger partial charge in [-0.1, -0.05) is 30.3 Å². The molecule has 0 unspecified atom stereocenters. The van der Waals surface area contributed by atoms with Crippen LogP contribution in [-0.2, 0) is 4.74 Å². The zero-order chi connectivity index (χ0) is 20.8. The number of carbonyl (C=O) groups is 1. The number of esters is 1. The van der Waals surface area contributed by atoms with E-state index in [4.69, 9.17) is 0 Å². The van der Waals surface area contributed by atoms with Crippen LogP contribution in [0.3, 0.4) is 0 Å². The molecule has 0 saturated heterocycles. The number of anilines is 1. The first-order valence-electron chi connectivity index (χ1n) is 9.01. The molecular formula is C19H18F3N3O3S. The summed E-state index contributed by atoms with van der Waals surface area (Å²) < 4.78 is 47.0. The first-order valence-corrected chi connectivity index (χ1v) is 9.89. The second-order valence-electron chi connectivity index (χ2n) is 7.07. The highest BCUT2D eigenvalue weighted by Gasteiger charge is 2.68. The number of aliphatic hydroxyl groups is 1. The zero-order valence-electron chi connectivity index (χ0n) is 15.4. The van der Waals surface area contributed by atoms with Gasteiger partial charge in [0.1, 0.15) is 0 Å². The predicted octanol–water partition coefficient (Wildman–Crippen LogP) is 3.94. The Balaban J connectivity index is 1.70. The van der Waals surface area contributed by atoms with Crippen molar-refractivity contribution in [1.29, 1.82) is 0 Å². The molecule has 29 heavy (non-hydrogen) atoms. The Hall–Kier alpha value is -2.46. The fraction of sp³-hybridized carbons (Fsp3) is 0.421. The lowest BCUT2D eigenvalue weighted by molar-refractivity contribution is -0.269. The molecule has 1 fully saturated rings. The summed E-state index contributed by atoms with van der Waals surface area (Å²) in [6.07, 6.45) is -3.87. The highest BCUT2D eigenvalue weighted by Crippen LogP contribution is 2.52. The molecule has 0 amide bonds. The number of halogens is 3. The Kier molecular flexibility index (Phi) is 4.86. The molecule has 1 aliphatic heterocycles. The van der Waals surface area contributed by atoms with Gasteiger partial charge in [-0.05, 0) is 30.7 Å². The number of aromatic nitrogens is 1. The minimum atomic E-state index is -4.97. The van der Waals surface area contributed by atoms with E-state index in [0.29, 0.717) is 23.6 Å². The molecular weight excluding hydrogens is 407 g/mol. The predicted molar refractivity (Wildman–Crippen MR) is 101 cm³/mol. The van der Waals surface area contributed by atoms with Crippen molar-refractivity contribution in [3.8, 4) is 0 Å². The van der Waals surface area contributed by atoms with E-state index in [9.17, 15) is 23.1 Å². The van der Waals surface area contributed by atoms with Crippen molar-refractivity contribution in [1.82, 2.24) is 4.98 Å². The standard InChI is InChI=1S/C19H18F3N3O3S/c1-28-16(26)15-10-29-17(23-15)25-18(27,19(20,21)22)13-9-12(7-8-14(13)24-25)11-5-3-2-4-6-11/h2-6,10,12-13,27H,7-9H2,1H3/t12-,13+,18-/m1/s1. The number of hydrogen-bond acceptors (Lipinski definition) is 7. The van der Waals surface area contributed by atoms with Crippen molar-refractivity contribution in [3.05, 3.63) is 47.0 Å². The molecule has 0 spiro atoms. The second kappa shape index (κ2) is 7.10. The summed E-state index contributed by atoms with van der Waals surface area (Å²) in [5, 5.41) is 16.6. The number of nitrogens with zero attached hydrogens (tertiary/aromatic N) is 3. The van der Waals surface area contributed by atoms with Gasteiger partial charge in [0.15, 0.2) is 5.69 Å². The Morgan fingerprint density at radius 2 is 2.07 bits per heavy atom. The van der Waals surface area contributed by atoms with Crippen molar-refractivity contribution in [2.45, 2.75) is 37.1 Å². The maximum Gasteiger partial charge on any atom is 0.439 e. The summed E-state index contributed by atoms with van der Waals surface area (Å²) >= 11 is 0.798. The molecule has 0 bridgehead atoms. The molecule has 2 aromatic rings. The van der Waals surface area contributed by atoms with Crippen molar-refractivity contribution in [3.63, 3.8) is 0 Å². The fourth-order valence-corrected chi connectivity index (χ4v) is 4.79. The van der Waals surface area contributed by atoms with Crippen LogP contribution < -0.4 is 5.01 Å². The van der Waals surface area contributed by atoms with E-state index in [-0.39, 0.29) is 23.2 Å². The fourth-order valence-electron chi connectivity index (χ4n) is 4.00. The van der Waals surface area contributed by atoms with Crippen LogP contribution in [0.15, 0.2) is 40.8 Å². The number of hydrogen-bond donors (Lipinski definition) is 1.